The van der Waals surface area contributed by atoms with Crippen molar-refractivity contribution in [3.05, 3.63) is 34.9 Å². The topological polar surface area (TPSA) is 89.1 Å². The van der Waals surface area contributed by atoms with Crippen molar-refractivity contribution in [2.75, 3.05) is 19.8 Å². The lowest BCUT2D eigenvalue weighted by Gasteiger charge is -2.28. The minimum atomic E-state index is -1.29. The van der Waals surface area contributed by atoms with Gasteiger partial charge in [-0.25, -0.2) is 0 Å². The average Bonchev–Trinajstić information content (AvgIpc) is 2.59. The van der Waals surface area contributed by atoms with Crippen LogP contribution in [-0.4, -0.2) is 55.1 Å². The first-order valence-electron chi connectivity index (χ1n) is 9.52. The molecule has 160 valence electrons. The van der Waals surface area contributed by atoms with Crippen molar-refractivity contribution < 1.29 is 24.1 Å². The summed E-state index contributed by atoms with van der Waals surface area (Å²) in [6, 6.07) is 6.47. The van der Waals surface area contributed by atoms with Gasteiger partial charge in [0.05, 0.1) is 18.2 Å². The number of amides is 1. The molecule has 1 aromatic rings. The monoisotopic (exact) mass is 416 g/mol. The second-order valence-electron chi connectivity index (χ2n) is 7.22. The summed E-state index contributed by atoms with van der Waals surface area (Å²) in [5.74, 6) is -0.295. The third kappa shape index (κ3) is 10.4. The number of rotatable bonds is 12. The van der Waals surface area contributed by atoms with Gasteiger partial charge in [-0.2, -0.15) is 0 Å². The third-order valence-electron chi connectivity index (χ3n) is 3.63. The number of carbonyl (C=O) groups excluding carboxylic acids is 1. The molecule has 0 aromatic heterocycles. The molecule has 28 heavy (non-hydrogen) atoms. The molecule has 0 aliphatic heterocycles. The Hall–Kier alpha value is -1.22. The molecule has 2 atom stereocenters. The van der Waals surface area contributed by atoms with Crippen LogP contribution in [0, 0.1) is 0 Å². The molecule has 8 heteroatoms. The predicted molar refractivity (Wildman–Crippen MR) is 109 cm³/mol. The molecule has 1 amide bonds. The summed E-state index contributed by atoms with van der Waals surface area (Å²) >= 11 is 5.93. The summed E-state index contributed by atoms with van der Waals surface area (Å²) in [7, 11) is 0. The maximum atomic E-state index is 12.8. The van der Waals surface area contributed by atoms with Crippen LogP contribution in [0.5, 0.6) is 0 Å². The summed E-state index contributed by atoms with van der Waals surface area (Å²) in [4.78, 5) is 12.8. The molecule has 0 radical (unpaired) electrons. The Labute approximate surface area is 172 Å². The van der Waals surface area contributed by atoms with E-state index >= 15 is 0 Å². The largest absolute Gasteiger partial charge is 0.356 e. The second kappa shape index (κ2) is 12.4. The molecule has 0 fully saturated rings. The Morgan fingerprint density at radius 3 is 2.21 bits per heavy atom. The standard InChI is InChI=1S/C20H33ClN2O5/c1-6-26-17(27-7-2)13-22-18(24)16(23-19(25)28-20(3,4)5)12-14-8-10-15(21)11-9-14/h8-11,16-17,19,23,25H,6-7,12-13H2,1-5H3,(H,22,24). The van der Waals surface area contributed by atoms with Crippen LogP contribution in [0.3, 0.4) is 0 Å². The molecule has 2 unspecified atom stereocenters. The molecular formula is C20H33ClN2O5. The van der Waals surface area contributed by atoms with Crippen LogP contribution >= 0.6 is 11.6 Å². The van der Waals surface area contributed by atoms with Gasteiger partial charge in [-0.15, -0.1) is 0 Å². The van der Waals surface area contributed by atoms with E-state index in [9.17, 15) is 9.90 Å². The number of halogens is 1. The van der Waals surface area contributed by atoms with E-state index in [0.29, 0.717) is 24.7 Å². The van der Waals surface area contributed by atoms with Crippen molar-refractivity contribution in [1.82, 2.24) is 10.6 Å². The highest BCUT2D eigenvalue weighted by Crippen LogP contribution is 2.13. The Morgan fingerprint density at radius 1 is 1.14 bits per heavy atom. The van der Waals surface area contributed by atoms with Crippen molar-refractivity contribution >= 4 is 17.5 Å². The van der Waals surface area contributed by atoms with Gasteiger partial charge in [0.1, 0.15) is 0 Å². The lowest BCUT2D eigenvalue weighted by atomic mass is 10.1. The van der Waals surface area contributed by atoms with E-state index in [-0.39, 0.29) is 12.5 Å². The Bertz CT molecular complexity index is 571. The van der Waals surface area contributed by atoms with Gasteiger partial charge in [0.2, 0.25) is 12.3 Å². The van der Waals surface area contributed by atoms with Gasteiger partial charge in [0.25, 0.3) is 0 Å². The average molecular weight is 417 g/mol. The zero-order valence-electron chi connectivity index (χ0n) is 17.3. The van der Waals surface area contributed by atoms with Crippen LogP contribution in [0.4, 0.5) is 0 Å². The molecule has 0 aliphatic rings. The van der Waals surface area contributed by atoms with Crippen molar-refractivity contribution in [2.24, 2.45) is 0 Å². The Balaban J connectivity index is 2.79. The van der Waals surface area contributed by atoms with Crippen molar-refractivity contribution in [1.29, 1.82) is 0 Å². The van der Waals surface area contributed by atoms with Gasteiger partial charge in [-0.05, 0) is 58.7 Å². The SMILES string of the molecule is CCOC(CNC(=O)C(Cc1ccc(Cl)cc1)NC(O)OC(C)(C)C)OCC. The van der Waals surface area contributed by atoms with Crippen LogP contribution in [-0.2, 0) is 25.4 Å². The Kier molecular flexibility index (Phi) is 11.0. The van der Waals surface area contributed by atoms with Crippen LogP contribution in [0.2, 0.25) is 5.02 Å². The van der Waals surface area contributed by atoms with E-state index in [0.717, 1.165) is 5.56 Å². The van der Waals surface area contributed by atoms with Gasteiger partial charge >= 0.3 is 0 Å². The third-order valence-corrected chi connectivity index (χ3v) is 3.88. The normalized spacial score (nSPS) is 14.1. The van der Waals surface area contributed by atoms with E-state index in [2.05, 4.69) is 10.6 Å². The van der Waals surface area contributed by atoms with Gasteiger partial charge in [0.15, 0.2) is 6.29 Å². The first-order valence-corrected chi connectivity index (χ1v) is 9.89. The van der Waals surface area contributed by atoms with Crippen molar-refractivity contribution in [2.45, 2.75) is 65.4 Å². The lowest BCUT2D eigenvalue weighted by molar-refractivity contribution is -0.187. The van der Waals surface area contributed by atoms with E-state index in [1.807, 2.05) is 46.8 Å². The molecule has 0 spiro atoms. The van der Waals surface area contributed by atoms with Gasteiger partial charge in [-0.3, -0.25) is 10.1 Å². The molecule has 7 nitrogen and oxygen atoms in total. The number of carbonyl (C=O) groups is 1. The number of aliphatic hydroxyl groups is 1. The van der Waals surface area contributed by atoms with Crippen molar-refractivity contribution in [3.63, 3.8) is 0 Å². The van der Waals surface area contributed by atoms with Gasteiger partial charge < -0.3 is 24.6 Å². The van der Waals surface area contributed by atoms with Crippen molar-refractivity contribution in [3.8, 4) is 0 Å². The van der Waals surface area contributed by atoms with Crippen LogP contribution < -0.4 is 10.6 Å². The van der Waals surface area contributed by atoms with Crippen LogP contribution in [0.15, 0.2) is 24.3 Å². The quantitative estimate of drug-likeness (QED) is 0.453. The highest BCUT2D eigenvalue weighted by Gasteiger charge is 2.25. The van der Waals surface area contributed by atoms with Crippen LogP contribution in [0.1, 0.15) is 40.2 Å². The number of benzene rings is 1. The second-order valence-corrected chi connectivity index (χ2v) is 7.65. The molecule has 1 aromatic carbocycles. The molecule has 0 bridgehead atoms. The summed E-state index contributed by atoms with van der Waals surface area (Å²) in [6.45, 7) is 10.3. The lowest BCUT2D eigenvalue weighted by Crippen LogP contribution is -2.53. The molecule has 1 rings (SSSR count). The first kappa shape index (κ1) is 24.8. The van der Waals surface area contributed by atoms with E-state index in [1.54, 1.807) is 12.1 Å². The predicted octanol–water partition coefficient (Wildman–Crippen LogP) is 2.45. The summed E-state index contributed by atoms with van der Waals surface area (Å²) < 4.78 is 16.4. The molecular weight excluding hydrogens is 384 g/mol. The molecule has 3 N–H and O–H groups in total. The Morgan fingerprint density at radius 2 is 1.71 bits per heavy atom. The maximum Gasteiger partial charge on any atom is 0.237 e. The van der Waals surface area contributed by atoms with E-state index in [4.69, 9.17) is 25.8 Å². The maximum absolute atomic E-state index is 12.8. The highest BCUT2D eigenvalue weighted by molar-refractivity contribution is 6.30. The fourth-order valence-corrected chi connectivity index (χ4v) is 2.60. The van der Waals surface area contributed by atoms with E-state index in [1.165, 1.54) is 0 Å². The van der Waals surface area contributed by atoms with Crippen LogP contribution in [0.25, 0.3) is 0 Å². The minimum Gasteiger partial charge on any atom is -0.356 e. The van der Waals surface area contributed by atoms with Gasteiger partial charge in [0, 0.05) is 18.2 Å². The molecule has 0 saturated heterocycles. The first-order chi connectivity index (χ1) is 13.1. The summed E-state index contributed by atoms with van der Waals surface area (Å²) in [5, 5.41) is 16.4. The number of nitrogens with one attached hydrogen (secondary N) is 2. The zero-order valence-corrected chi connectivity index (χ0v) is 18.1. The van der Waals surface area contributed by atoms with Gasteiger partial charge in [-0.1, -0.05) is 23.7 Å². The minimum absolute atomic E-state index is 0.204. The number of ether oxygens (including phenoxy) is 3. The smallest absolute Gasteiger partial charge is 0.237 e. The van der Waals surface area contributed by atoms with E-state index < -0.39 is 24.3 Å². The molecule has 0 heterocycles. The number of aliphatic hydroxyl groups excluding tert-OH is 1. The molecule has 0 saturated carbocycles. The summed E-state index contributed by atoms with van der Waals surface area (Å²) in [6.07, 6.45) is -1.47. The fraction of sp³-hybridized carbons (Fsp3) is 0.650. The zero-order chi connectivity index (χ0) is 21.2. The highest BCUT2D eigenvalue weighted by atomic mass is 35.5. The number of hydrogen-bond donors (Lipinski definition) is 3. The number of hydrogen-bond acceptors (Lipinski definition) is 6. The molecule has 0 aliphatic carbocycles. The fourth-order valence-electron chi connectivity index (χ4n) is 2.47. The summed E-state index contributed by atoms with van der Waals surface area (Å²) in [5.41, 5.74) is 0.328.